The number of anilines is 3. The van der Waals surface area contributed by atoms with Gasteiger partial charge in [-0.2, -0.15) is 0 Å². The van der Waals surface area contributed by atoms with Crippen LogP contribution < -0.4 is 19.9 Å². The van der Waals surface area contributed by atoms with E-state index in [1.54, 1.807) is 40.5 Å². The van der Waals surface area contributed by atoms with Gasteiger partial charge in [0.25, 0.3) is 5.91 Å². The number of nitrogens with one attached hydrogen (secondary N) is 1. The third-order valence-electron chi connectivity index (χ3n) is 24.2. The van der Waals surface area contributed by atoms with Gasteiger partial charge in [-0.25, -0.2) is 0 Å². The maximum Gasteiger partial charge on any atom is 0.254 e. The zero-order valence-corrected chi connectivity index (χ0v) is 60.0. The smallest absolute Gasteiger partial charge is 0.254 e. The molecule has 99 heavy (non-hydrogen) atoms. The minimum Gasteiger partial charge on any atom is -0.497 e. The van der Waals surface area contributed by atoms with Gasteiger partial charge in [0.1, 0.15) is 5.75 Å². The zero-order chi connectivity index (χ0) is 67.1. The molecule has 1 amide bonds. The highest BCUT2D eigenvalue weighted by atomic mass is 32.1. The Labute approximate surface area is 597 Å². The number of thiocarbonyl (C=S) groups is 1. The third-order valence-corrected chi connectivity index (χ3v) is 24.5. The van der Waals surface area contributed by atoms with Crippen molar-refractivity contribution in [2.75, 3.05) is 102 Å². The van der Waals surface area contributed by atoms with E-state index < -0.39 is 0 Å². The lowest BCUT2D eigenvalue weighted by molar-refractivity contribution is 0.0620. The van der Waals surface area contributed by atoms with Crippen molar-refractivity contribution in [3.05, 3.63) is 248 Å². The Hall–Kier alpha value is -7.80. The highest BCUT2D eigenvalue weighted by Gasteiger charge is 2.43. The standard InChI is InChI=1S/C25H32N4OS.C25H23NO.C24H30N2.C13H17N.CH4/c1-17-14-20(30-3)5-7-23(17)26-25(31)29-12-10-28(11-13-29)19-4-6-21-22(16-19)18-8-9-27(2)24(21)15-18;1-17-7-9-19(10-8-17)25(27)26-14-13-21-16-24(26)23-15-20(11-12-22(21)23)18-5-3-2-4-6-18;1-18-6-5-7-19(14-18)17-26-13-10-20-15-24(26)23-16-21(8-9-22(20)23)25-11-3-2-4-12-25;1-9-3-4-11-10-5-6-14(2)13(8-10)12(11)7-9;/h4-7,14,16,18,24H,8-13,15H2,1-3H3,(H,26,31);2-12,15,21,24H,13-14,16H2,1H3;5-9,14,16,20,24H,2-4,10-13,15,17H2,1H3;3-4,7,10,13H,5-6,8H2,1-2H3;1H4/t18-,24+;21-,24+;20-,24+;10-,13+;/m1111./s1. The van der Waals surface area contributed by atoms with Gasteiger partial charge in [0.2, 0.25) is 0 Å². The first-order chi connectivity index (χ1) is 47.8. The number of rotatable bonds is 8. The minimum atomic E-state index is 0. The molecule has 10 aliphatic rings. The average molecular weight is 1340 g/mol. The molecule has 6 aliphatic heterocycles. The van der Waals surface area contributed by atoms with Gasteiger partial charge in [-0.3, -0.25) is 19.5 Å². The molecule has 10 nitrogen and oxygen atoms in total. The predicted octanol–water partition coefficient (Wildman–Crippen LogP) is 19.0. The molecule has 8 aromatic rings. The molecule has 18 rings (SSSR count). The van der Waals surface area contributed by atoms with E-state index in [1.807, 2.05) is 48.5 Å². The fraction of sp³-hybridized carbons (Fsp3) is 0.432. The average Bonchev–Trinajstić information content (AvgIpc) is 1.62. The number of fused-ring (bicyclic) bond motifs is 20. The van der Waals surface area contributed by atoms with Gasteiger partial charge in [-0.05, 0) is 295 Å². The number of methoxy groups -OCH3 is 1. The van der Waals surface area contributed by atoms with E-state index in [-0.39, 0.29) is 19.4 Å². The number of carbonyl (C=O) groups excluding carboxylic acids is 1. The Balaban J connectivity index is 0.000000115. The van der Waals surface area contributed by atoms with Crippen LogP contribution in [-0.4, -0.2) is 122 Å². The van der Waals surface area contributed by atoms with Gasteiger partial charge in [0.05, 0.1) is 13.2 Å². The number of nitrogens with zero attached hydrogens (tertiary/aromatic N) is 7. The lowest BCUT2D eigenvalue weighted by Gasteiger charge is -2.37. The van der Waals surface area contributed by atoms with E-state index in [0.717, 1.165) is 97.5 Å². The Kier molecular flexibility index (Phi) is 20.6. The molecule has 0 aromatic heterocycles. The van der Waals surface area contributed by atoms with E-state index >= 15 is 0 Å². The van der Waals surface area contributed by atoms with Crippen LogP contribution in [0.3, 0.4) is 0 Å². The maximum absolute atomic E-state index is 13.2. The summed E-state index contributed by atoms with van der Waals surface area (Å²) in [4.78, 5) is 30.5. The molecule has 0 spiro atoms. The number of piperazine rings is 1. The zero-order valence-electron chi connectivity index (χ0n) is 59.2. The number of amides is 1. The van der Waals surface area contributed by atoms with Gasteiger partial charge in [-0.15, -0.1) is 0 Å². The molecule has 516 valence electrons. The van der Waals surface area contributed by atoms with Crippen molar-refractivity contribution in [3.63, 3.8) is 0 Å². The quantitative estimate of drug-likeness (QED) is 0.149. The third kappa shape index (κ3) is 14.3. The summed E-state index contributed by atoms with van der Waals surface area (Å²) in [7, 11) is 6.23. The molecule has 11 heteroatoms. The number of hydrogen-bond donors (Lipinski definition) is 1. The van der Waals surface area contributed by atoms with Gasteiger partial charge in [0, 0.05) is 93.1 Å². The van der Waals surface area contributed by atoms with E-state index in [1.165, 1.54) is 146 Å². The number of ether oxygens (including phenoxy) is 1. The minimum absolute atomic E-state index is 0. The number of hydrogen-bond acceptors (Lipinski definition) is 8. The molecule has 0 saturated carbocycles. The molecule has 8 atom stereocenters. The Morgan fingerprint density at radius 1 is 0.465 bits per heavy atom. The summed E-state index contributed by atoms with van der Waals surface area (Å²) >= 11 is 5.72. The number of carbonyl (C=O) groups is 1. The van der Waals surface area contributed by atoms with Gasteiger partial charge >= 0.3 is 0 Å². The SMILES string of the molecule is C.COc1ccc(NC(=S)N2CCN(c3ccc4c(c3)[C@@H]3CCN(C)[C@H]4C3)CC2)c(C)c1.Cc1ccc(C(=O)N2CC[C@@H]3C[C@H]2c2cc(-c4ccccc4)ccc23)cc1.Cc1ccc2c(c1)[C@@H]1C[C@H]2CCN1C.Cc1cccc(CN2CC[C@@H]3C[C@H]2c2cc(N4CCCCC4)ccc23)c1. The van der Waals surface area contributed by atoms with Crippen molar-refractivity contribution in [1.82, 2.24) is 24.5 Å². The van der Waals surface area contributed by atoms with Gasteiger partial charge < -0.3 is 29.7 Å². The van der Waals surface area contributed by atoms with Crippen LogP contribution >= 0.6 is 12.2 Å². The first-order valence-corrected chi connectivity index (χ1v) is 37.5. The van der Waals surface area contributed by atoms with E-state index in [9.17, 15) is 4.79 Å². The van der Waals surface area contributed by atoms with Crippen molar-refractivity contribution < 1.29 is 9.53 Å². The molecule has 8 bridgehead atoms. The van der Waals surface area contributed by atoms with Crippen LogP contribution in [0.2, 0.25) is 0 Å². The van der Waals surface area contributed by atoms with Crippen LogP contribution in [0, 0.1) is 27.7 Å². The normalized spacial score (nSPS) is 23.7. The number of likely N-dealkylation sites (tertiary alicyclic amines) is 4. The van der Waals surface area contributed by atoms with Crippen LogP contribution in [0.5, 0.6) is 5.75 Å². The summed E-state index contributed by atoms with van der Waals surface area (Å²) in [5.74, 6) is 4.02. The Morgan fingerprint density at radius 2 is 1.03 bits per heavy atom. The molecular formula is C88H106N8O2S. The summed E-state index contributed by atoms with van der Waals surface area (Å²) in [6.07, 6.45) is 14.2. The van der Waals surface area contributed by atoms with E-state index in [4.69, 9.17) is 17.0 Å². The van der Waals surface area contributed by atoms with E-state index in [2.05, 4.69) is 203 Å². The molecule has 1 N–H and O–H groups in total. The highest BCUT2D eigenvalue weighted by Crippen LogP contribution is 2.54. The molecule has 0 radical (unpaired) electrons. The van der Waals surface area contributed by atoms with Gasteiger partial charge in [0.15, 0.2) is 5.11 Å². The molecule has 6 heterocycles. The summed E-state index contributed by atoms with van der Waals surface area (Å²) in [5, 5.41) is 4.23. The summed E-state index contributed by atoms with van der Waals surface area (Å²) < 4.78 is 5.30. The fourth-order valence-corrected chi connectivity index (χ4v) is 18.9. The molecule has 6 fully saturated rings. The van der Waals surface area contributed by atoms with Crippen LogP contribution in [0.25, 0.3) is 11.1 Å². The first-order valence-electron chi connectivity index (χ1n) is 37.1. The summed E-state index contributed by atoms with van der Waals surface area (Å²) in [5.41, 5.74) is 26.2. The lowest BCUT2D eigenvalue weighted by Crippen LogP contribution is -2.50. The van der Waals surface area contributed by atoms with Crippen LogP contribution in [0.4, 0.5) is 17.1 Å². The topological polar surface area (TPSA) is 61.0 Å². The predicted molar refractivity (Wildman–Crippen MR) is 414 cm³/mol. The van der Waals surface area contributed by atoms with Crippen LogP contribution in [-0.2, 0) is 6.54 Å². The van der Waals surface area contributed by atoms with Crippen molar-refractivity contribution in [2.45, 2.75) is 160 Å². The molecule has 8 aromatic carbocycles. The number of aryl methyl sites for hydroxylation is 4. The maximum atomic E-state index is 13.2. The van der Waals surface area contributed by atoms with Crippen molar-refractivity contribution in [2.24, 2.45) is 0 Å². The highest BCUT2D eigenvalue weighted by molar-refractivity contribution is 7.80. The van der Waals surface area contributed by atoms with Crippen molar-refractivity contribution in [3.8, 4) is 16.9 Å². The number of benzene rings is 8. The molecule has 6 saturated heterocycles. The number of piperidine rings is 5. The van der Waals surface area contributed by atoms with E-state index in [0.29, 0.717) is 24.0 Å². The molecule has 4 aliphatic carbocycles. The van der Waals surface area contributed by atoms with Crippen molar-refractivity contribution in [1.29, 1.82) is 0 Å². The van der Waals surface area contributed by atoms with Gasteiger partial charge in [-0.1, -0.05) is 133 Å². The second-order valence-electron chi connectivity index (χ2n) is 30.3. The lowest BCUT2D eigenvalue weighted by atomic mass is 9.94. The Morgan fingerprint density at radius 3 is 1.72 bits per heavy atom. The summed E-state index contributed by atoms with van der Waals surface area (Å²) in [6, 6.07) is 64.2. The molecular weight excluding hydrogens is 1230 g/mol. The van der Waals surface area contributed by atoms with Crippen LogP contribution in [0.1, 0.15) is 209 Å². The second kappa shape index (κ2) is 29.8. The fourth-order valence-electron chi connectivity index (χ4n) is 18.6. The van der Waals surface area contributed by atoms with Crippen molar-refractivity contribution >= 4 is 40.3 Å². The first kappa shape index (κ1) is 68.3. The molecule has 0 unspecified atom stereocenters. The second-order valence-corrected chi connectivity index (χ2v) is 30.7. The monoisotopic (exact) mass is 1340 g/mol. The summed E-state index contributed by atoms with van der Waals surface area (Å²) in [6.45, 7) is 20.5. The van der Waals surface area contributed by atoms with Crippen LogP contribution in [0.15, 0.2) is 170 Å². The largest absolute Gasteiger partial charge is 0.497 e. The Bertz CT molecular complexity index is 4180.